The van der Waals surface area contributed by atoms with Crippen molar-refractivity contribution in [2.75, 3.05) is 5.32 Å². The van der Waals surface area contributed by atoms with E-state index < -0.39 is 0 Å². The van der Waals surface area contributed by atoms with Crippen LogP contribution in [0, 0.1) is 0 Å². The van der Waals surface area contributed by atoms with E-state index in [4.69, 9.17) is 4.74 Å². The van der Waals surface area contributed by atoms with Crippen molar-refractivity contribution in [2.45, 2.75) is 6.54 Å². The van der Waals surface area contributed by atoms with Crippen LogP contribution in [0.1, 0.15) is 0 Å². The maximum absolute atomic E-state index is 12.2. The molecule has 1 amide bonds. The number of carbonyl (C=O) groups excluding carboxylic acids is 1. The summed E-state index contributed by atoms with van der Waals surface area (Å²) in [6.45, 7) is -0.0457. The van der Waals surface area contributed by atoms with E-state index in [9.17, 15) is 4.79 Å². The Morgan fingerprint density at radius 1 is 0.964 bits per heavy atom. The minimum atomic E-state index is -0.267. The highest BCUT2D eigenvalue weighted by Crippen LogP contribution is 2.19. The molecule has 0 fully saturated rings. The van der Waals surface area contributed by atoms with Gasteiger partial charge in [0.15, 0.2) is 0 Å². The first-order valence-electron chi connectivity index (χ1n) is 8.44. The Labute approximate surface area is 160 Å². The zero-order valence-electron chi connectivity index (χ0n) is 14.6. The van der Waals surface area contributed by atoms with Gasteiger partial charge in [0.05, 0.1) is 0 Å². The minimum absolute atomic E-state index is 0.0457. The topological polar surface area (TPSA) is 108 Å². The molecule has 138 valence electrons. The zero-order chi connectivity index (χ0) is 19.2. The van der Waals surface area contributed by atoms with Gasteiger partial charge in [0.2, 0.25) is 11.7 Å². The average molecular weight is 373 g/mol. The molecule has 1 N–H and O–H groups in total. The lowest BCUT2D eigenvalue weighted by Gasteiger charge is -2.06. The Morgan fingerprint density at radius 2 is 1.71 bits per heavy atom. The fourth-order valence-corrected chi connectivity index (χ4v) is 2.39. The number of rotatable bonds is 6. The first-order chi connectivity index (χ1) is 13.8. The van der Waals surface area contributed by atoms with Crippen LogP contribution >= 0.6 is 0 Å². The van der Waals surface area contributed by atoms with Crippen molar-refractivity contribution in [3.8, 4) is 23.1 Å². The molecule has 2 aromatic heterocycles. The van der Waals surface area contributed by atoms with E-state index >= 15 is 0 Å². The first-order valence-corrected chi connectivity index (χ1v) is 8.44. The predicted molar refractivity (Wildman–Crippen MR) is 100 cm³/mol. The molecular weight excluding hydrogens is 358 g/mol. The molecule has 0 saturated heterocycles. The lowest BCUT2D eigenvalue weighted by molar-refractivity contribution is -0.117. The van der Waals surface area contributed by atoms with Gasteiger partial charge in [-0.25, -0.2) is 9.97 Å². The van der Waals surface area contributed by atoms with Gasteiger partial charge in [0.25, 0.3) is 0 Å². The van der Waals surface area contributed by atoms with E-state index in [1.165, 1.54) is 4.80 Å². The van der Waals surface area contributed by atoms with Crippen molar-refractivity contribution in [3.63, 3.8) is 0 Å². The van der Waals surface area contributed by atoms with Gasteiger partial charge < -0.3 is 10.1 Å². The second-order valence-electron chi connectivity index (χ2n) is 5.72. The third kappa shape index (κ3) is 4.33. The molecule has 9 nitrogen and oxygen atoms in total. The highest BCUT2D eigenvalue weighted by Gasteiger charge is 2.09. The maximum atomic E-state index is 12.2. The summed E-state index contributed by atoms with van der Waals surface area (Å²) in [7, 11) is 0. The number of amides is 1. The number of hydrogen-bond acceptors (Lipinski definition) is 7. The molecule has 4 rings (SSSR count). The largest absolute Gasteiger partial charge is 0.424 e. The number of benzene rings is 2. The van der Waals surface area contributed by atoms with Crippen molar-refractivity contribution < 1.29 is 9.53 Å². The van der Waals surface area contributed by atoms with Crippen LogP contribution in [0.5, 0.6) is 11.8 Å². The van der Waals surface area contributed by atoms with Crippen LogP contribution in [0.3, 0.4) is 0 Å². The predicted octanol–water partition coefficient (Wildman–Crippen LogP) is 2.56. The van der Waals surface area contributed by atoms with Crippen LogP contribution < -0.4 is 10.1 Å². The van der Waals surface area contributed by atoms with Crippen molar-refractivity contribution in [1.82, 2.24) is 30.2 Å². The number of carbonyl (C=O) groups is 1. The molecule has 0 aliphatic rings. The van der Waals surface area contributed by atoms with Crippen molar-refractivity contribution in [3.05, 3.63) is 73.1 Å². The third-order valence-electron chi connectivity index (χ3n) is 3.66. The minimum Gasteiger partial charge on any atom is -0.424 e. The molecule has 2 heterocycles. The highest BCUT2D eigenvalue weighted by molar-refractivity contribution is 5.90. The third-order valence-corrected chi connectivity index (χ3v) is 3.66. The van der Waals surface area contributed by atoms with Gasteiger partial charge in [-0.1, -0.05) is 30.3 Å². The molecule has 9 heteroatoms. The van der Waals surface area contributed by atoms with E-state index in [-0.39, 0.29) is 18.5 Å². The van der Waals surface area contributed by atoms with Crippen LogP contribution in [0.15, 0.2) is 73.1 Å². The number of nitrogens with zero attached hydrogens (tertiary/aromatic N) is 6. The summed E-state index contributed by atoms with van der Waals surface area (Å²) in [4.78, 5) is 21.4. The normalized spacial score (nSPS) is 10.4. The summed E-state index contributed by atoms with van der Waals surface area (Å²) >= 11 is 0. The van der Waals surface area contributed by atoms with Gasteiger partial charge in [-0.05, 0) is 35.5 Å². The summed E-state index contributed by atoms with van der Waals surface area (Å²) < 4.78 is 5.51. The fraction of sp³-hybridized carbons (Fsp3) is 0.0526. The molecule has 2 aromatic carbocycles. The molecule has 0 aliphatic carbocycles. The van der Waals surface area contributed by atoms with Crippen LogP contribution in [0.25, 0.3) is 11.4 Å². The number of nitrogens with one attached hydrogen (secondary N) is 1. The summed E-state index contributed by atoms with van der Waals surface area (Å²) in [5, 5.41) is 14.9. The smallest absolute Gasteiger partial charge is 0.321 e. The number of tetrazole rings is 1. The summed E-state index contributed by atoms with van der Waals surface area (Å²) in [5.74, 6) is 0.768. The number of hydrogen-bond donors (Lipinski definition) is 1. The molecular formula is C19H15N7O2. The molecule has 0 bridgehead atoms. The number of ether oxygens (including phenoxy) is 1. The van der Waals surface area contributed by atoms with Crippen molar-refractivity contribution in [2.24, 2.45) is 0 Å². The molecule has 0 saturated carbocycles. The van der Waals surface area contributed by atoms with Crippen LogP contribution in [0.4, 0.5) is 5.69 Å². The Kier molecular flexibility index (Phi) is 4.96. The van der Waals surface area contributed by atoms with E-state index in [1.54, 1.807) is 42.7 Å². The van der Waals surface area contributed by atoms with Crippen molar-refractivity contribution >= 4 is 11.6 Å². The molecule has 0 radical (unpaired) electrons. The summed E-state index contributed by atoms with van der Waals surface area (Å²) in [6, 6.07) is 18.3. The van der Waals surface area contributed by atoms with E-state index in [0.29, 0.717) is 17.3 Å². The SMILES string of the molecule is O=C(Cn1nnc(-c2ccccc2)n1)Nc1ccc(Oc2ncccn2)cc1. The Bertz CT molecular complexity index is 1050. The Balaban J connectivity index is 1.34. The molecule has 4 aromatic rings. The zero-order valence-corrected chi connectivity index (χ0v) is 14.6. The Morgan fingerprint density at radius 3 is 2.46 bits per heavy atom. The van der Waals surface area contributed by atoms with E-state index in [0.717, 1.165) is 5.56 Å². The monoisotopic (exact) mass is 373 g/mol. The van der Waals surface area contributed by atoms with E-state index in [1.807, 2.05) is 30.3 Å². The van der Waals surface area contributed by atoms with Crippen LogP contribution in [-0.4, -0.2) is 36.1 Å². The van der Waals surface area contributed by atoms with Crippen LogP contribution in [-0.2, 0) is 11.3 Å². The lowest BCUT2D eigenvalue weighted by Crippen LogP contribution is -2.20. The number of aromatic nitrogens is 6. The van der Waals surface area contributed by atoms with Crippen LogP contribution in [0.2, 0.25) is 0 Å². The average Bonchev–Trinajstić information content (AvgIpc) is 3.19. The summed E-state index contributed by atoms with van der Waals surface area (Å²) in [6.07, 6.45) is 3.19. The summed E-state index contributed by atoms with van der Waals surface area (Å²) in [5.41, 5.74) is 1.46. The van der Waals surface area contributed by atoms with Gasteiger partial charge in [0, 0.05) is 23.6 Å². The molecule has 0 atom stereocenters. The number of anilines is 1. The van der Waals surface area contributed by atoms with Crippen molar-refractivity contribution in [1.29, 1.82) is 0 Å². The van der Waals surface area contributed by atoms with E-state index in [2.05, 4.69) is 30.7 Å². The molecule has 0 aliphatic heterocycles. The molecule has 0 spiro atoms. The second kappa shape index (κ2) is 8.04. The van der Waals surface area contributed by atoms with Gasteiger partial charge in [0.1, 0.15) is 12.3 Å². The standard InChI is InChI=1S/C19H15N7O2/c27-17(13-26-24-18(23-25-26)14-5-2-1-3-6-14)22-15-7-9-16(10-8-15)28-19-20-11-4-12-21-19/h1-12H,13H2,(H,22,27). The maximum Gasteiger partial charge on any atom is 0.321 e. The van der Waals surface area contributed by atoms with Gasteiger partial charge in [-0.15, -0.1) is 10.2 Å². The fourth-order valence-electron chi connectivity index (χ4n) is 2.39. The highest BCUT2D eigenvalue weighted by atomic mass is 16.5. The van der Waals surface area contributed by atoms with Gasteiger partial charge in [-0.2, -0.15) is 4.80 Å². The van der Waals surface area contributed by atoms with Gasteiger partial charge >= 0.3 is 6.01 Å². The second-order valence-corrected chi connectivity index (χ2v) is 5.72. The molecule has 28 heavy (non-hydrogen) atoms. The Hall–Kier alpha value is -4.14. The molecule has 0 unspecified atom stereocenters. The van der Waals surface area contributed by atoms with Gasteiger partial charge in [-0.3, -0.25) is 4.79 Å². The first kappa shape index (κ1) is 17.3. The lowest BCUT2D eigenvalue weighted by atomic mass is 10.2. The quantitative estimate of drug-likeness (QED) is 0.553.